The van der Waals surface area contributed by atoms with Gasteiger partial charge in [-0.2, -0.15) is 0 Å². The molecule has 4 heterocycles. The Morgan fingerprint density at radius 3 is 2.26 bits per heavy atom. The number of halogens is 1. The minimum absolute atomic E-state index is 0. The first-order chi connectivity index (χ1) is 41.0. The van der Waals surface area contributed by atoms with Crippen LogP contribution in [0.5, 0.6) is 11.5 Å². The van der Waals surface area contributed by atoms with E-state index in [4.69, 9.17) is 31.3 Å². The maximum absolute atomic E-state index is 14.2. The quantitative estimate of drug-likeness (QED) is 0.0128. The van der Waals surface area contributed by atoms with Gasteiger partial charge in [0.15, 0.2) is 17.8 Å². The van der Waals surface area contributed by atoms with Crippen LogP contribution in [0.1, 0.15) is 135 Å². The summed E-state index contributed by atoms with van der Waals surface area (Å²) in [5.74, 6) is -1.50. The van der Waals surface area contributed by atoms with Crippen molar-refractivity contribution in [3.8, 4) is 11.5 Å². The molecule has 460 valence electrons. The van der Waals surface area contributed by atoms with Crippen LogP contribution in [-0.2, 0) is 51.1 Å². The van der Waals surface area contributed by atoms with Crippen LogP contribution in [0.3, 0.4) is 0 Å². The number of nitrogens with zero attached hydrogens (tertiary/aromatic N) is 4. The number of carbonyl (C=O) groups excluding carboxylic acids is 8. The fourth-order valence-corrected chi connectivity index (χ4v) is 12.7. The van der Waals surface area contributed by atoms with Crippen LogP contribution < -0.4 is 35.4 Å². The molecule has 0 radical (unpaired) electrons. The Kier molecular flexibility index (Phi) is 22.1. The van der Waals surface area contributed by atoms with Gasteiger partial charge in [-0.3, -0.25) is 38.5 Å². The van der Waals surface area contributed by atoms with E-state index in [1.165, 1.54) is 17.1 Å². The molecule has 8 N–H and O–H groups in total. The maximum Gasteiger partial charge on any atom is 0.747 e. The second-order valence-corrected chi connectivity index (χ2v) is 23.5. The number of benzene rings is 4. The SMILES string of the molecule is Cc1cc2c(cc1OCCCCCC(=O)N1C[C@@H](CCl)c3c1cc(O[P+](=O)O)c1ccccc31)N(C(=O)OCc1ccc(CC(=O)[C@H](CCCCN)NC(=O)C3(C(=O)NCCCCCN4C(=O)C=CC4=O)CCC3)cc1)C(O)[C@@H]1CCCN1C2=O.O. The Balaban J connectivity index is 0.00000961. The van der Waals surface area contributed by atoms with E-state index in [1.54, 1.807) is 65.3 Å². The van der Waals surface area contributed by atoms with Crippen LogP contribution in [0.4, 0.5) is 16.2 Å². The largest absolute Gasteiger partial charge is 0.747 e. The number of ketones is 1. The van der Waals surface area contributed by atoms with E-state index in [1.807, 2.05) is 18.2 Å². The molecule has 4 aliphatic heterocycles. The molecule has 7 amide bonds. The van der Waals surface area contributed by atoms with Crippen LogP contribution in [-0.4, -0.2) is 136 Å². The van der Waals surface area contributed by atoms with Gasteiger partial charge in [0.1, 0.15) is 17.8 Å². The summed E-state index contributed by atoms with van der Waals surface area (Å²) in [5, 5.41) is 19.2. The zero-order chi connectivity index (χ0) is 60.4. The molecule has 2 fully saturated rings. The number of hydrogen-bond acceptors (Lipinski definition) is 14. The maximum atomic E-state index is 14.2. The third-order valence-electron chi connectivity index (χ3n) is 17.0. The summed E-state index contributed by atoms with van der Waals surface area (Å²) in [4.78, 5) is 122. The van der Waals surface area contributed by atoms with E-state index in [0.717, 1.165) is 15.8 Å². The average molecular weight is 1230 g/mol. The number of anilines is 2. The summed E-state index contributed by atoms with van der Waals surface area (Å²) in [6.45, 7) is 3.63. The van der Waals surface area contributed by atoms with Crippen LogP contribution in [0.2, 0.25) is 0 Å². The molecule has 5 aliphatic rings. The highest BCUT2D eigenvalue weighted by Crippen LogP contribution is 2.47. The molecular formula is C62H76ClN7O15P+. The van der Waals surface area contributed by atoms with Crippen molar-refractivity contribution >= 4 is 89.3 Å². The van der Waals surface area contributed by atoms with Gasteiger partial charge in [-0.15, -0.1) is 16.5 Å². The number of Topliss-reactive ketones (excluding diaryl/α,β-unsaturated/α-hetero) is 1. The topological polar surface area (TPSA) is 316 Å². The predicted molar refractivity (Wildman–Crippen MR) is 321 cm³/mol. The number of nitrogens with one attached hydrogen (secondary N) is 2. The number of unbranched alkanes of at least 4 members (excludes halogenated alkanes) is 5. The third-order valence-corrected chi connectivity index (χ3v) is 17.7. The number of aliphatic hydroxyl groups excluding tert-OH is 1. The molecule has 24 heteroatoms. The molecule has 4 aromatic carbocycles. The molecule has 0 spiro atoms. The summed E-state index contributed by atoms with van der Waals surface area (Å²) in [5.41, 5.74) is 8.22. The smallest absolute Gasteiger partial charge is 0.493 e. The van der Waals surface area contributed by atoms with Crippen molar-refractivity contribution in [2.45, 2.75) is 140 Å². The van der Waals surface area contributed by atoms with E-state index in [2.05, 4.69) is 10.6 Å². The summed E-state index contributed by atoms with van der Waals surface area (Å²) < 4.78 is 29.1. The Morgan fingerprint density at radius 2 is 1.56 bits per heavy atom. The van der Waals surface area contributed by atoms with Crippen molar-refractivity contribution in [3.63, 3.8) is 0 Å². The number of aryl methyl sites for hydroxylation is 1. The van der Waals surface area contributed by atoms with Gasteiger partial charge < -0.3 is 46.2 Å². The lowest BCUT2D eigenvalue weighted by Gasteiger charge is -2.39. The third kappa shape index (κ3) is 14.4. The lowest BCUT2D eigenvalue weighted by atomic mass is 9.67. The van der Waals surface area contributed by atoms with Gasteiger partial charge in [0.2, 0.25) is 17.7 Å². The Morgan fingerprint density at radius 1 is 0.849 bits per heavy atom. The zero-order valence-corrected chi connectivity index (χ0v) is 49.9. The Hall–Kier alpha value is -7.33. The van der Waals surface area contributed by atoms with Gasteiger partial charge in [-0.05, 0) is 131 Å². The minimum Gasteiger partial charge on any atom is -0.493 e. The van der Waals surface area contributed by atoms with Crippen LogP contribution >= 0.6 is 19.9 Å². The average Bonchev–Trinajstić information content (AvgIpc) is 1.68. The number of carbonyl (C=O) groups is 8. The van der Waals surface area contributed by atoms with Gasteiger partial charge in [0.05, 0.1) is 35.6 Å². The van der Waals surface area contributed by atoms with Gasteiger partial charge in [-0.25, -0.2) is 14.2 Å². The highest BCUT2D eigenvalue weighted by Gasteiger charge is 2.51. The fourth-order valence-electron chi connectivity index (χ4n) is 12.1. The first-order valence-electron chi connectivity index (χ1n) is 29.5. The molecule has 1 saturated heterocycles. The summed E-state index contributed by atoms with van der Waals surface area (Å²) >= 11 is 6.42. The van der Waals surface area contributed by atoms with Crippen molar-refractivity contribution in [1.29, 1.82) is 0 Å². The van der Waals surface area contributed by atoms with E-state index < -0.39 is 49.9 Å². The number of ether oxygens (including phenoxy) is 2. The molecule has 4 aromatic rings. The van der Waals surface area contributed by atoms with Crippen molar-refractivity contribution in [1.82, 2.24) is 20.4 Å². The number of aliphatic hydroxyl groups is 1. The summed E-state index contributed by atoms with van der Waals surface area (Å²) in [6, 6.07) is 17.6. The van der Waals surface area contributed by atoms with Crippen molar-refractivity contribution < 1.29 is 72.4 Å². The minimum atomic E-state index is -2.95. The molecule has 9 rings (SSSR count). The first-order valence-corrected chi connectivity index (χ1v) is 31.1. The standard InChI is InChI=1S/C62H73ClN7O14P.H2O/c1-39-32-45-48(34-51(39)82-31-11-2-4-18-53(72)69-37-42(36-63)56-44-15-6-5-14-43(44)52(35-49(56)69)84-85(80)81)70(58(76)47-17-12-30-67(47)57(45)75)61(79)83-38-41-21-19-40(20-22-41)33-50(71)46(16-7-8-27-64)66-60(78)62(25-13-26-62)59(77)65-28-9-3-10-29-68-54(73)23-24-55(68)74;/h5-6,14-15,19-24,32,34-35,42,46-47,58,76H,2-4,7-13,16-18,25-31,33,36-38,64H2,1H3,(H2-,65,66,77,78,80,81);1H2/p+1/t42-,46+,47+,58?;/m1./s1. The highest BCUT2D eigenvalue weighted by molar-refractivity contribution is 7.32. The number of alkyl halides is 1. The summed E-state index contributed by atoms with van der Waals surface area (Å²) in [7, 11) is -2.95. The molecule has 5 atom stereocenters. The monoisotopic (exact) mass is 1220 g/mol. The molecule has 2 unspecified atom stereocenters. The number of hydrogen-bond donors (Lipinski definition) is 5. The van der Waals surface area contributed by atoms with Crippen molar-refractivity contribution in [2.75, 3.05) is 55.0 Å². The Labute approximate surface area is 504 Å². The highest BCUT2D eigenvalue weighted by atomic mass is 35.5. The number of rotatable bonds is 28. The number of imide groups is 1. The molecule has 22 nitrogen and oxygen atoms in total. The lowest BCUT2D eigenvalue weighted by molar-refractivity contribution is -0.151. The van der Waals surface area contributed by atoms with Crippen molar-refractivity contribution in [3.05, 3.63) is 107 Å². The van der Waals surface area contributed by atoms with E-state index in [9.17, 15) is 52.9 Å². The molecule has 1 aliphatic carbocycles. The van der Waals surface area contributed by atoms with Gasteiger partial charge in [0.25, 0.3) is 17.7 Å². The van der Waals surface area contributed by atoms with Crippen LogP contribution in [0.25, 0.3) is 10.8 Å². The fraction of sp³-hybridized carbons (Fsp3) is 0.484. The van der Waals surface area contributed by atoms with E-state index in [-0.39, 0.29) is 89.7 Å². The van der Waals surface area contributed by atoms with Crippen LogP contribution in [0.15, 0.2) is 78.9 Å². The zero-order valence-electron chi connectivity index (χ0n) is 48.3. The first kappa shape index (κ1) is 64.7. The van der Waals surface area contributed by atoms with Gasteiger partial charge in [-0.1, -0.05) is 55.0 Å². The predicted octanol–water partition coefficient (Wildman–Crippen LogP) is 6.85. The molecule has 86 heavy (non-hydrogen) atoms. The molecule has 0 aromatic heterocycles. The van der Waals surface area contributed by atoms with Crippen molar-refractivity contribution in [2.24, 2.45) is 11.1 Å². The number of fused-ring (bicyclic) bond motifs is 5. The van der Waals surface area contributed by atoms with E-state index in [0.29, 0.717) is 156 Å². The van der Waals surface area contributed by atoms with Gasteiger partial charge >= 0.3 is 14.3 Å². The number of amides is 7. The van der Waals surface area contributed by atoms with Gasteiger partial charge in [0, 0.05) is 85.1 Å². The normalized spacial score (nSPS) is 18.8. The second kappa shape index (κ2) is 29.4. The molecular weight excluding hydrogens is 1150 g/mol. The molecule has 1 saturated carbocycles. The Bertz CT molecular complexity index is 3230. The number of nitrogens with two attached hydrogens (primary N) is 1. The van der Waals surface area contributed by atoms with E-state index >= 15 is 0 Å². The second-order valence-electron chi connectivity index (χ2n) is 22.6. The molecule has 0 bridgehead atoms. The van der Waals surface area contributed by atoms with Crippen LogP contribution in [0, 0.1) is 12.3 Å². The summed E-state index contributed by atoms with van der Waals surface area (Å²) in [6.07, 6.45) is 7.99. The lowest BCUT2D eigenvalue weighted by Crippen LogP contribution is -2.58.